The average molecular weight is 550 g/mol. The van der Waals surface area contributed by atoms with Gasteiger partial charge in [0.1, 0.15) is 6.54 Å². The molecule has 0 bridgehead atoms. The minimum absolute atomic E-state index is 0.00766. The molecule has 3 aliphatic heterocycles. The zero-order valence-corrected chi connectivity index (χ0v) is 21.6. The van der Waals surface area contributed by atoms with E-state index >= 15 is 0 Å². The molecule has 8 nitrogen and oxygen atoms in total. The summed E-state index contributed by atoms with van der Waals surface area (Å²) < 4.78 is 0.881. The second-order valence-electron chi connectivity index (χ2n) is 10.0. The molecule has 186 valence electrons. The number of piperidine rings is 2. The van der Waals surface area contributed by atoms with E-state index in [0.29, 0.717) is 31.5 Å². The molecule has 3 aliphatic rings. The van der Waals surface area contributed by atoms with Crippen LogP contribution in [0, 0.1) is 0 Å². The highest BCUT2D eigenvalue weighted by Gasteiger charge is 2.54. The highest BCUT2D eigenvalue weighted by Crippen LogP contribution is 2.51. The maximum atomic E-state index is 14.0. The summed E-state index contributed by atoms with van der Waals surface area (Å²) in [6.45, 7) is 2.54. The third kappa shape index (κ3) is 3.72. The molecular weight excluding hydrogens is 522 g/mol. The number of rotatable bonds is 3. The second-order valence-corrected chi connectivity index (χ2v) is 10.9. The van der Waals surface area contributed by atoms with Crippen LogP contribution in [0.5, 0.6) is 0 Å². The smallest absolute Gasteiger partial charge is 0.253 e. The molecule has 3 amide bonds. The predicted octanol–water partition coefficient (Wildman–Crippen LogP) is 3.86. The Labute approximate surface area is 217 Å². The lowest BCUT2D eigenvalue weighted by Crippen LogP contribution is -2.52. The summed E-state index contributed by atoms with van der Waals surface area (Å²) in [7, 11) is 0. The van der Waals surface area contributed by atoms with Crippen molar-refractivity contribution >= 4 is 50.2 Å². The van der Waals surface area contributed by atoms with E-state index in [9.17, 15) is 14.4 Å². The van der Waals surface area contributed by atoms with Gasteiger partial charge in [-0.15, -0.1) is 0 Å². The SMILES string of the molecule is O=C(CN1C(=O)C2(CCN(C(=O)c3ccc4[nH]ncc4c3)CC2)c2c(Br)cccc21)N1CCCCC1. The van der Waals surface area contributed by atoms with Gasteiger partial charge in [-0.25, -0.2) is 0 Å². The lowest BCUT2D eigenvalue weighted by molar-refractivity contribution is -0.133. The van der Waals surface area contributed by atoms with Gasteiger partial charge >= 0.3 is 0 Å². The number of H-pyrrole nitrogens is 1. The molecule has 1 N–H and O–H groups in total. The average Bonchev–Trinajstić information content (AvgIpc) is 3.47. The Kier molecular flexibility index (Phi) is 5.82. The van der Waals surface area contributed by atoms with E-state index in [1.54, 1.807) is 11.1 Å². The van der Waals surface area contributed by atoms with Crippen molar-refractivity contribution in [2.75, 3.05) is 37.6 Å². The van der Waals surface area contributed by atoms with Crippen molar-refractivity contribution in [2.24, 2.45) is 0 Å². The molecule has 0 unspecified atom stereocenters. The topological polar surface area (TPSA) is 89.6 Å². The van der Waals surface area contributed by atoms with Gasteiger partial charge in [0.2, 0.25) is 11.8 Å². The summed E-state index contributed by atoms with van der Waals surface area (Å²) in [5, 5.41) is 7.84. The van der Waals surface area contributed by atoms with Gasteiger partial charge in [0, 0.05) is 52.9 Å². The molecule has 0 saturated carbocycles. The number of aromatic nitrogens is 2. The molecule has 1 aromatic heterocycles. The normalized spacial score (nSPS) is 19.2. The fourth-order valence-electron chi connectivity index (χ4n) is 6.04. The number of hydrogen-bond acceptors (Lipinski definition) is 4. The molecule has 2 aromatic carbocycles. The minimum Gasteiger partial charge on any atom is -0.341 e. The van der Waals surface area contributed by atoms with E-state index in [0.717, 1.165) is 59.0 Å². The van der Waals surface area contributed by atoms with Crippen LogP contribution >= 0.6 is 15.9 Å². The van der Waals surface area contributed by atoms with E-state index in [4.69, 9.17) is 0 Å². The standard InChI is InChI=1S/C27H28BrN5O3/c28-20-5-4-6-22-24(20)27(26(36)33(22)17-23(34)31-11-2-1-3-12-31)9-13-32(14-10-27)25(35)18-7-8-21-19(15-18)16-29-30-21/h4-8,15-16H,1-3,9-14,17H2,(H,29,30). The predicted molar refractivity (Wildman–Crippen MR) is 140 cm³/mol. The highest BCUT2D eigenvalue weighted by atomic mass is 79.9. The molecule has 1 spiro atoms. The zero-order valence-electron chi connectivity index (χ0n) is 20.0. The maximum absolute atomic E-state index is 14.0. The molecular formula is C27H28BrN5O3. The summed E-state index contributed by atoms with van der Waals surface area (Å²) in [5.41, 5.74) is 2.54. The number of fused-ring (bicyclic) bond motifs is 3. The van der Waals surface area contributed by atoms with Crippen LogP contribution < -0.4 is 4.90 Å². The second kappa shape index (κ2) is 9.03. The first-order valence-corrected chi connectivity index (χ1v) is 13.4. The number of aromatic amines is 1. The number of nitrogens with zero attached hydrogens (tertiary/aromatic N) is 4. The maximum Gasteiger partial charge on any atom is 0.253 e. The minimum atomic E-state index is -0.733. The fourth-order valence-corrected chi connectivity index (χ4v) is 6.77. The zero-order chi connectivity index (χ0) is 24.9. The Balaban J connectivity index is 1.24. The number of carbonyl (C=O) groups excluding carboxylic acids is 3. The van der Waals surface area contributed by atoms with Crippen molar-refractivity contribution in [1.29, 1.82) is 0 Å². The molecule has 2 fully saturated rings. The molecule has 3 aromatic rings. The number of carbonyl (C=O) groups is 3. The van der Waals surface area contributed by atoms with Crippen LogP contribution in [0.25, 0.3) is 10.9 Å². The molecule has 0 atom stereocenters. The van der Waals surface area contributed by atoms with Crippen LogP contribution in [0.1, 0.15) is 48.0 Å². The Bertz CT molecular complexity index is 1350. The summed E-state index contributed by atoms with van der Waals surface area (Å²) >= 11 is 3.69. The molecule has 6 rings (SSSR count). The summed E-state index contributed by atoms with van der Waals surface area (Å²) in [5.74, 6) is -0.0576. The van der Waals surface area contributed by atoms with Crippen LogP contribution in [0.4, 0.5) is 5.69 Å². The lowest BCUT2D eigenvalue weighted by atomic mass is 9.73. The van der Waals surface area contributed by atoms with E-state index in [2.05, 4.69) is 26.1 Å². The first-order chi connectivity index (χ1) is 17.5. The molecule has 9 heteroatoms. The lowest BCUT2D eigenvalue weighted by Gasteiger charge is -2.39. The summed E-state index contributed by atoms with van der Waals surface area (Å²) in [6, 6.07) is 11.3. The Hall–Kier alpha value is -3.20. The third-order valence-electron chi connectivity index (χ3n) is 8.01. The van der Waals surface area contributed by atoms with Crippen molar-refractivity contribution in [1.82, 2.24) is 20.0 Å². The first-order valence-electron chi connectivity index (χ1n) is 12.6. The number of halogens is 1. The van der Waals surface area contributed by atoms with Crippen LogP contribution in [0.2, 0.25) is 0 Å². The fraction of sp³-hybridized carbons (Fsp3) is 0.407. The van der Waals surface area contributed by atoms with E-state index < -0.39 is 5.41 Å². The Morgan fingerprint density at radius 3 is 2.56 bits per heavy atom. The van der Waals surface area contributed by atoms with Crippen LogP contribution in [-0.2, 0) is 15.0 Å². The molecule has 36 heavy (non-hydrogen) atoms. The number of hydrogen-bond donors (Lipinski definition) is 1. The molecule has 0 aliphatic carbocycles. The van der Waals surface area contributed by atoms with Crippen molar-refractivity contribution in [3.63, 3.8) is 0 Å². The quantitative estimate of drug-likeness (QED) is 0.537. The van der Waals surface area contributed by atoms with Gasteiger partial charge in [0.25, 0.3) is 5.91 Å². The Morgan fingerprint density at radius 1 is 1.00 bits per heavy atom. The van der Waals surface area contributed by atoms with Gasteiger partial charge in [0.05, 0.1) is 17.1 Å². The third-order valence-corrected chi connectivity index (χ3v) is 8.67. The monoisotopic (exact) mass is 549 g/mol. The summed E-state index contributed by atoms with van der Waals surface area (Å²) in [6.07, 6.45) is 5.94. The van der Waals surface area contributed by atoms with Gasteiger partial charge in [0.15, 0.2) is 0 Å². The van der Waals surface area contributed by atoms with Gasteiger partial charge in [-0.3, -0.25) is 19.5 Å². The Morgan fingerprint density at radius 2 is 1.78 bits per heavy atom. The largest absolute Gasteiger partial charge is 0.341 e. The van der Waals surface area contributed by atoms with Gasteiger partial charge in [-0.1, -0.05) is 22.0 Å². The van der Waals surface area contributed by atoms with E-state index in [1.807, 2.05) is 46.2 Å². The van der Waals surface area contributed by atoms with E-state index in [1.165, 1.54) is 0 Å². The number of likely N-dealkylation sites (tertiary alicyclic amines) is 2. The van der Waals surface area contributed by atoms with Gasteiger partial charge in [-0.2, -0.15) is 5.10 Å². The van der Waals surface area contributed by atoms with Crippen LogP contribution in [0.3, 0.4) is 0 Å². The highest BCUT2D eigenvalue weighted by molar-refractivity contribution is 9.10. The van der Waals surface area contributed by atoms with Crippen LogP contribution in [-0.4, -0.2) is 70.4 Å². The van der Waals surface area contributed by atoms with Crippen molar-refractivity contribution in [3.8, 4) is 0 Å². The van der Waals surface area contributed by atoms with E-state index in [-0.39, 0.29) is 24.3 Å². The van der Waals surface area contributed by atoms with Gasteiger partial charge < -0.3 is 14.7 Å². The first kappa shape index (κ1) is 23.2. The number of nitrogens with one attached hydrogen (secondary N) is 1. The van der Waals surface area contributed by atoms with Crippen molar-refractivity contribution in [3.05, 3.63) is 58.2 Å². The number of amides is 3. The van der Waals surface area contributed by atoms with Crippen molar-refractivity contribution < 1.29 is 14.4 Å². The van der Waals surface area contributed by atoms with Gasteiger partial charge in [-0.05, 0) is 62.4 Å². The molecule has 0 radical (unpaired) electrons. The number of benzene rings is 2. The summed E-state index contributed by atoms with van der Waals surface area (Å²) in [4.78, 5) is 45.8. The van der Waals surface area contributed by atoms with Crippen LogP contribution in [0.15, 0.2) is 47.1 Å². The molecule has 2 saturated heterocycles. The number of anilines is 1. The molecule has 4 heterocycles. The van der Waals surface area contributed by atoms with Crippen molar-refractivity contribution in [2.45, 2.75) is 37.5 Å².